The summed E-state index contributed by atoms with van der Waals surface area (Å²) in [6, 6.07) is 7.42. The van der Waals surface area contributed by atoms with Crippen molar-refractivity contribution < 1.29 is 9.53 Å². The molecule has 1 aromatic carbocycles. The third-order valence-electron chi connectivity index (χ3n) is 3.72. The Hall–Kier alpha value is -1.52. The van der Waals surface area contributed by atoms with Crippen LogP contribution in [0.15, 0.2) is 42.0 Å². The fourth-order valence-electron chi connectivity index (χ4n) is 1.92. The highest BCUT2D eigenvalue weighted by atomic mass is 35.5. The first-order valence-corrected chi connectivity index (χ1v) is 7.62. The molecule has 0 bridgehead atoms. The van der Waals surface area contributed by atoms with Crippen molar-refractivity contribution in [3.63, 3.8) is 0 Å². The molecular weight excluding hydrogens is 323 g/mol. The summed E-state index contributed by atoms with van der Waals surface area (Å²) in [7, 11) is 0. The van der Waals surface area contributed by atoms with Crippen molar-refractivity contribution in [2.24, 2.45) is 10.5 Å². The molecule has 22 heavy (non-hydrogen) atoms. The Kier molecular flexibility index (Phi) is 4.83. The fraction of sp³-hybridized carbons (Fsp3) is 0.375. The van der Waals surface area contributed by atoms with Crippen LogP contribution in [0.5, 0.6) is 5.75 Å². The van der Waals surface area contributed by atoms with E-state index in [-0.39, 0.29) is 5.91 Å². The second-order valence-corrected chi connectivity index (χ2v) is 6.96. The van der Waals surface area contributed by atoms with Gasteiger partial charge < -0.3 is 4.74 Å². The van der Waals surface area contributed by atoms with Gasteiger partial charge in [-0.05, 0) is 50.1 Å². The molecule has 0 saturated heterocycles. The molecule has 0 heterocycles. The van der Waals surface area contributed by atoms with Gasteiger partial charge in [-0.1, -0.05) is 12.7 Å². The molecule has 1 amide bonds. The van der Waals surface area contributed by atoms with Crippen molar-refractivity contribution in [3.8, 4) is 5.75 Å². The molecule has 0 unspecified atom stereocenters. The molecule has 1 aromatic rings. The first-order chi connectivity index (χ1) is 10.3. The molecule has 0 radical (unpaired) electrons. The summed E-state index contributed by atoms with van der Waals surface area (Å²) < 4.78 is 4.41. The van der Waals surface area contributed by atoms with Crippen LogP contribution >= 0.6 is 23.2 Å². The van der Waals surface area contributed by atoms with E-state index in [9.17, 15) is 4.79 Å². The molecule has 0 aliphatic heterocycles. The SMILES string of the molecule is C=CCOc1ccc(/C(C)=N\NC(=O)[C@]2(C)CC2(Cl)Cl)cc1. The molecule has 0 spiro atoms. The molecule has 1 atom stereocenters. The van der Waals surface area contributed by atoms with Crippen LogP contribution in [0.25, 0.3) is 0 Å². The van der Waals surface area contributed by atoms with Gasteiger partial charge in [0.1, 0.15) is 16.7 Å². The quantitative estimate of drug-likeness (QED) is 0.371. The van der Waals surface area contributed by atoms with Crippen LogP contribution in [0.4, 0.5) is 0 Å². The highest BCUT2D eigenvalue weighted by Crippen LogP contribution is 2.63. The van der Waals surface area contributed by atoms with E-state index >= 15 is 0 Å². The minimum Gasteiger partial charge on any atom is -0.490 e. The Morgan fingerprint density at radius 3 is 2.55 bits per heavy atom. The standard InChI is InChI=1S/C16H18Cl2N2O2/c1-4-9-22-13-7-5-12(6-8-13)11(2)19-20-14(21)15(3)10-16(15,17)18/h4-8H,1,9-10H2,2-3H3,(H,20,21)/b19-11-/t15-/m0/s1. The number of hydrogen-bond donors (Lipinski definition) is 1. The van der Waals surface area contributed by atoms with Crippen molar-refractivity contribution in [1.82, 2.24) is 5.43 Å². The average Bonchev–Trinajstić information content (AvgIpc) is 3.02. The Balaban J connectivity index is 1.97. The lowest BCUT2D eigenvalue weighted by atomic mass is 10.1. The van der Waals surface area contributed by atoms with E-state index in [0.717, 1.165) is 11.3 Å². The van der Waals surface area contributed by atoms with Crippen LogP contribution in [0.2, 0.25) is 0 Å². The Morgan fingerprint density at radius 2 is 2.05 bits per heavy atom. The smallest absolute Gasteiger partial charge is 0.249 e. The van der Waals surface area contributed by atoms with Gasteiger partial charge >= 0.3 is 0 Å². The largest absolute Gasteiger partial charge is 0.490 e. The molecule has 1 aliphatic carbocycles. The average molecular weight is 341 g/mol. The van der Waals surface area contributed by atoms with Crippen molar-refractivity contribution in [2.45, 2.75) is 24.6 Å². The number of hydrogen-bond acceptors (Lipinski definition) is 3. The lowest BCUT2D eigenvalue weighted by molar-refractivity contribution is -0.125. The molecule has 118 valence electrons. The summed E-state index contributed by atoms with van der Waals surface area (Å²) in [4.78, 5) is 12.0. The zero-order valence-corrected chi connectivity index (χ0v) is 14.0. The maximum absolute atomic E-state index is 12.0. The van der Waals surface area contributed by atoms with Crippen molar-refractivity contribution in [3.05, 3.63) is 42.5 Å². The number of nitrogens with one attached hydrogen (secondary N) is 1. The van der Waals surface area contributed by atoms with Crippen molar-refractivity contribution >= 4 is 34.8 Å². The maximum atomic E-state index is 12.0. The van der Waals surface area contributed by atoms with Crippen LogP contribution < -0.4 is 10.2 Å². The number of halogens is 2. The van der Waals surface area contributed by atoms with E-state index in [1.807, 2.05) is 31.2 Å². The monoisotopic (exact) mass is 340 g/mol. The van der Waals surface area contributed by atoms with Gasteiger partial charge in [0.15, 0.2) is 0 Å². The molecule has 6 heteroatoms. The number of carbonyl (C=O) groups is 1. The van der Waals surface area contributed by atoms with Gasteiger partial charge in [-0.2, -0.15) is 5.10 Å². The predicted octanol–water partition coefficient (Wildman–Crippen LogP) is 3.68. The molecule has 1 saturated carbocycles. The van der Waals surface area contributed by atoms with Gasteiger partial charge in [-0.15, -0.1) is 23.2 Å². The fourth-order valence-corrected chi connectivity index (χ4v) is 2.62. The third-order valence-corrected chi connectivity index (χ3v) is 4.83. The number of alkyl halides is 2. The van der Waals surface area contributed by atoms with Crippen LogP contribution in [-0.2, 0) is 4.79 Å². The molecule has 0 aromatic heterocycles. The van der Waals surface area contributed by atoms with Crippen molar-refractivity contribution in [2.75, 3.05) is 6.61 Å². The van der Waals surface area contributed by atoms with E-state index in [2.05, 4.69) is 17.1 Å². The van der Waals surface area contributed by atoms with Gasteiger partial charge in [0.25, 0.3) is 0 Å². The molecule has 1 aliphatic rings. The Morgan fingerprint density at radius 1 is 1.45 bits per heavy atom. The highest BCUT2D eigenvalue weighted by Gasteiger charge is 2.68. The molecule has 1 fully saturated rings. The van der Waals surface area contributed by atoms with E-state index in [1.165, 1.54) is 0 Å². The van der Waals surface area contributed by atoms with Crippen LogP contribution in [0.3, 0.4) is 0 Å². The van der Waals surface area contributed by atoms with Crippen LogP contribution in [0.1, 0.15) is 25.8 Å². The molecule has 1 N–H and O–H groups in total. The lowest BCUT2D eigenvalue weighted by Crippen LogP contribution is -2.30. The van der Waals surface area contributed by atoms with Gasteiger partial charge in [0, 0.05) is 0 Å². The number of nitrogens with zero attached hydrogens (tertiary/aromatic N) is 1. The zero-order chi connectivity index (χ0) is 16.4. The number of benzene rings is 1. The van der Waals surface area contributed by atoms with E-state index in [1.54, 1.807) is 13.0 Å². The highest BCUT2D eigenvalue weighted by molar-refractivity contribution is 6.53. The maximum Gasteiger partial charge on any atom is 0.249 e. The van der Waals surface area contributed by atoms with E-state index in [0.29, 0.717) is 18.7 Å². The number of ether oxygens (including phenoxy) is 1. The summed E-state index contributed by atoms with van der Waals surface area (Å²) in [5.41, 5.74) is 3.32. The molecule has 4 nitrogen and oxygen atoms in total. The number of carbonyl (C=O) groups excluding carboxylic acids is 1. The summed E-state index contributed by atoms with van der Waals surface area (Å²) in [6.07, 6.45) is 2.11. The van der Waals surface area contributed by atoms with Gasteiger partial charge in [0.2, 0.25) is 5.91 Å². The third kappa shape index (κ3) is 3.45. The molecule has 2 rings (SSSR count). The Labute approximate surface area is 140 Å². The normalized spacial score (nSPS) is 22.8. The van der Waals surface area contributed by atoms with Gasteiger partial charge in [-0.25, -0.2) is 5.43 Å². The number of amides is 1. The topological polar surface area (TPSA) is 50.7 Å². The number of hydrazone groups is 1. The van der Waals surface area contributed by atoms with Gasteiger partial charge in [0.05, 0.1) is 11.1 Å². The van der Waals surface area contributed by atoms with E-state index in [4.69, 9.17) is 27.9 Å². The number of rotatable bonds is 6. The minimum absolute atomic E-state index is 0.275. The van der Waals surface area contributed by atoms with E-state index < -0.39 is 9.75 Å². The summed E-state index contributed by atoms with van der Waals surface area (Å²) in [5, 5.41) is 4.10. The summed E-state index contributed by atoms with van der Waals surface area (Å²) >= 11 is 11.9. The van der Waals surface area contributed by atoms with Crippen LogP contribution in [0, 0.1) is 5.41 Å². The van der Waals surface area contributed by atoms with Crippen LogP contribution in [-0.4, -0.2) is 22.6 Å². The predicted molar refractivity (Wildman–Crippen MR) is 89.6 cm³/mol. The molecular formula is C16H18Cl2N2O2. The first kappa shape index (κ1) is 16.8. The lowest BCUT2D eigenvalue weighted by Gasteiger charge is -2.10. The van der Waals surface area contributed by atoms with Gasteiger partial charge in [-0.3, -0.25) is 4.79 Å². The summed E-state index contributed by atoms with van der Waals surface area (Å²) in [6.45, 7) is 7.58. The second-order valence-electron chi connectivity index (χ2n) is 5.48. The second kappa shape index (κ2) is 6.31. The van der Waals surface area contributed by atoms with Crippen molar-refractivity contribution in [1.29, 1.82) is 0 Å². The Bertz CT molecular complexity index is 611. The first-order valence-electron chi connectivity index (χ1n) is 6.87. The summed E-state index contributed by atoms with van der Waals surface area (Å²) in [5.74, 6) is 0.475. The minimum atomic E-state index is -0.995. The zero-order valence-electron chi connectivity index (χ0n) is 12.5.